The van der Waals surface area contributed by atoms with Gasteiger partial charge in [-0.15, -0.1) is 15.3 Å². The number of ether oxygens (including phenoxy) is 5. The number of aromatic nitrogens is 9. The molecule has 0 spiro atoms. The summed E-state index contributed by atoms with van der Waals surface area (Å²) >= 11 is 0. The van der Waals surface area contributed by atoms with Gasteiger partial charge in [-0.25, -0.2) is 10.2 Å². The van der Waals surface area contributed by atoms with E-state index in [0.29, 0.717) is 75.3 Å². The summed E-state index contributed by atoms with van der Waals surface area (Å²) in [5.74, 6) is 0.0809. The zero-order valence-electron chi connectivity index (χ0n) is 69.0. The first kappa shape index (κ1) is 101. The molecule has 0 aliphatic rings. The quantitative estimate of drug-likeness (QED) is 0.0441. The van der Waals surface area contributed by atoms with Crippen molar-refractivity contribution in [1.82, 2.24) is 55.8 Å². The van der Waals surface area contributed by atoms with Gasteiger partial charge in [0.2, 0.25) is 11.8 Å². The molecule has 0 saturated heterocycles. The van der Waals surface area contributed by atoms with Crippen molar-refractivity contribution in [2.24, 2.45) is 37.9 Å². The van der Waals surface area contributed by atoms with Gasteiger partial charge in [0.25, 0.3) is 0 Å². The monoisotopic (exact) mass is 1370 g/mol. The molecular weight excluding hydrogens is 1210 g/mol. The second-order valence-corrected chi connectivity index (χ2v) is 34.3. The highest BCUT2D eigenvalue weighted by molar-refractivity contribution is 5.76. The summed E-state index contributed by atoms with van der Waals surface area (Å²) in [4.78, 5) is 27.3. The maximum Gasteiger partial charge on any atom is 0.244 e. The molecule has 96 heavy (non-hydrogen) atoms. The summed E-state index contributed by atoms with van der Waals surface area (Å²) in [6, 6.07) is 0. The van der Waals surface area contributed by atoms with E-state index in [1.807, 2.05) is 68.7 Å². The predicted octanol–water partition coefficient (Wildman–Crippen LogP) is 18.6. The number of unbranched alkanes of at least 4 members (excludes halogenated alkanes) is 1. The molecule has 3 aromatic heterocycles. The third kappa shape index (κ3) is 86.2. The molecule has 0 aliphatic carbocycles. The lowest BCUT2D eigenvalue weighted by Crippen LogP contribution is -2.29. The Hall–Kier alpha value is -3.88. The van der Waals surface area contributed by atoms with Crippen LogP contribution in [0.2, 0.25) is 0 Å². The first-order chi connectivity index (χ1) is 44.1. The summed E-state index contributed by atoms with van der Waals surface area (Å²) in [6.07, 6.45) is 21.9. The largest absolute Gasteiger partial charge is 0.379 e. The van der Waals surface area contributed by atoms with Gasteiger partial charge >= 0.3 is 0 Å². The molecule has 3 heterocycles. The summed E-state index contributed by atoms with van der Waals surface area (Å²) in [7, 11) is 0. The van der Waals surface area contributed by atoms with Gasteiger partial charge < -0.3 is 29.0 Å². The van der Waals surface area contributed by atoms with Crippen molar-refractivity contribution in [3.8, 4) is 0 Å². The van der Waals surface area contributed by atoms with Gasteiger partial charge in [0, 0.05) is 70.9 Å². The Morgan fingerprint density at radius 3 is 1.17 bits per heavy atom. The summed E-state index contributed by atoms with van der Waals surface area (Å²) in [6.45, 7) is 79.0. The highest BCUT2D eigenvalue weighted by atomic mass is 16.7. The zero-order valence-corrected chi connectivity index (χ0v) is 69.0. The van der Waals surface area contributed by atoms with Crippen LogP contribution >= 0.6 is 0 Å². The van der Waals surface area contributed by atoms with Gasteiger partial charge in [0.15, 0.2) is 0 Å². The lowest BCUT2D eigenvalue weighted by atomic mass is 9.90. The molecule has 3 rings (SSSR count). The minimum atomic E-state index is -0.0852. The lowest BCUT2D eigenvalue weighted by Gasteiger charge is -2.19. The Labute approximate surface area is 592 Å². The van der Waals surface area contributed by atoms with E-state index in [2.05, 4.69) is 227 Å². The van der Waals surface area contributed by atoms with Crippen molar-refractivity contribution < 1.29 is 38.1 Å². The minimum absolute atomic E-state index is 0.00778. The molecule has 0 fully saturated rings. The fraction of sp³-hybridized carbons (Fsp3) is 0.896. The summed E-state index contributed by atoms with van der Waals surface area (Å²) in [5.41, 5.74) is 7.62. The van der Waals surface area contributed by atoms with Crippen molar-refractivity contribution in [2.75, 3.05) is 72.6 Å². The fourth-order valence-corrected chi connectivity index (χ4v) is 7.44. The van der Waals surface area contributed by atoms with E-state index >= 15 is 0 Å². The van der Waals surface area contributed by atoms with Gasteiger partial charge in [0.05, 0.1) is 75.5 Å². The predicted molar refractivity (Wildman–Crippen MR) is 404 cm³/mol. The number of hydrogen-bond donors (Lipinski definition) is 2. The Morgan fingerprint density at radius 2 is 0.802 bits per heavy atom. The highest BCUT2D eigenvalue weighted by Gasteiger charge is 2.18. The molecule has 0 aliphatic heterocycles. The van der Waals surface area contributed by atoms with Crippen molar-refractivity contribution >= 4 is 11.8 Å². The van der Waals surface area contributed by atoms with Crippen LogP contribution in [0.5, 0.6) is 0 Å². The molecular formula is C77H159N11O8. The molecule has 19 nitrogen and oxygen atoms in total. The average molecular weight is 1370 g/mol. The number of rotatable bonds is 32. The van der Waals surface area contributed by atoms with Crippen molar-refractivity contribution in [3.63, 3.8) is 0 Å². The first-order valence-electron chi connectivity index (χ1n) is 36.9. The minimum Gasteiger partial charge on any atom is -0.379 e. The van der Waals surface area contributed by atoms with Crippen LogP contribution in [-0.4, -0.2) is 135 Å². The topological polar surface area (TPSA) is 206 Å². The van der Waals surface area contributed by atoms with Gasteiger partial charge in [0.1, 0.15) is 0 Å². The van der Waals surface area contributed by atoms with Crippen molar-refractivity contribution in [1.29, 1.82) is 0 Å². The van der Waals surface area contributed by atoms with E-state index in [-0.39, 0.29) is 39.1 Å². The van der Waals surface area contributed by atoms with Crippen LogP contribution in [0.4, 0.5) is 0 Å². The van der Waals surface area contributed by atoms with Crippen LogP contribution in [0.1, 0.15) is 316 Å². The SMILES string of the molecule is CCC(C)(C)C.CCCCC(C)(C)C.CCCNC(=O)CC(C)(C)C.CCCOCCOC(C)(C)C.CCCOCCOCCn1cc(CC(C)(C)C)nn1.CCCOCCONC(=O)CC(C)(C)C.CCCc1cn(CC(C)(C)C)nn1.CCCn1cc(CC(C)(C)C)nn1. The van der Waals surface area contributed by atoms with Crippen LogP contribution in [0.25, 0.3) is 0 Å². The summed E-state index contributed by atoms with van der Waals surface area (Å²) in [5, 5.41) is 27.5. The Morgan fingerprint density at radius 1 is 0.396 bits per heavy atom. The maximum absolute atomic E-state index is 11.3. The normalized spacial score (nSPS) is 11.8. The third-order valence-corrected chi connectivity index (χ3v) is 12.2. The van der Waals surface area contributed by atoms with Gasteiger partial charge in [-0.3, -0.25) is 23.8 Å². The van der Waals surface area contributed by atoms with Crippen LogP contribution in [0.3, 0.4) is 0 Å². The smallest absolute Gasteiger partial charge is 0.244 e. The maximum atomic E-state index is 11.3. The molecule has 2 N–H and O–H groups in total. The van der Waals surface area contributed by atoms with Gasteiger partial charge in [-0.1, -0.05) is 242 Å². The lowest BCUT2D eigenvalue weighted by molar-refractivity contribution is -0.136. The van der Waals surface area contributed by atoms with Crippen LogP contribution in [0.15, 0.2) is 18.6 Å². The van der Waals surface area contributed by atoms with E-state index in [4.69, 9.17) is 28.5 Å². The van der Waals surface area contributed by atoms with E-state index in [1.54, 1.807) is 0 Å². The second kappa shape index (κ2) is 56.8. The van der Waals surface area contributed by atoms with Gasteiger partial charge in [-0.05, 0) is 116 Å². The number of hydrogen-bond acceptors (Lipinski definition) is 14. The number of nitrogens with zero attached hydrogens (tertiary/aromatic N) is 9. The summed E-state index contributed by atoms with van der Waals surface area (Å²) < 4.78 is 32.4. The van der Waals surface area contributed by atoms with Crippen LogP contribution in [-0.2, 0) is 77.0 Å². The van der Waals surface area contributed by atoms with Gasteiger partial charge in [-0.2, -0.15) is 0 Å². The Bertz CT molecular complexity index is 2150. The molecule has 3 aromatic rings. The van der Waals surface area contributed by atoms with E-state index in [0.717, 1.165) is 121 Å². The van der Waals surface area contributed by atoms with Crippen LogP contribution < -0.4 is 10.8 Å². The Kier molecular flexibility index (Phi) is 59.6. The molecule has 570 valence electrons. The number of hydroxylamine groups is 1. The average Bonchev–Trinajstić information content (AvgIpc) is 1.82. The molecule has 2 amide bonds. The molecule has 19 heteroatoms. The standard InChI is InChI=1S/C14H27N3O2.C11H23NO3.2C10H19N3.C9H19NO.C9H20O2.C8H18.C6H14/c1-5-7-18-9-10-19-8-6-17-12-13(15-16-17)11-14(2,3)4;1-5-6-14-7-8-15-12-10(13)9-11(2,3)4;1-5-6-13-8-9(11-12-13)7-10(2,3)4;1-5-6-9-7-13(12-11-9)8-10(2,3)4;1-5-6-10-8(11)7-9(2,3)4;1-5-6-10-7-8-11-9(2,3)4;1-5-6-7-8(2,3)4;1-5-6(2,3)4/h12H,5-11H2,1-4H3;5-9H2,1-4H3,(H,12,13);8H,5-7H2,1-4H3;7H,5-6,8H2,1-4H3;5-7H2,1-4H3,(H,10,11);5-8H2,1-4H3;5-7H2,1-4H3;5H2,1-4H3. The van der Waals surface area contributed by atoms with Crippen molar-refractivity contribution in [2.45, 2.75) is 343 Å². The van der Waals surface area contributed by atoms with E-state index in [9.17, 15) is 9.59 Å². The molecule has 0 bridgehead atoms. The fourth-order valence-electron chi connectivity index (χ4n) is 7.44. The number of nitrogens with one attached hydrogen (secondary N) is 2. The molecule has 0 atom stereocenters. The van der Waals surface area contributed by atoms with E-state index < -0.39 is 0 Å². The number of aryl methyl sites for hydroxylation is 2. The Balaban J connectivity index is -0.000000335. The second-order valence-electron chi connectivity index (χ2n) is 34.3. The van der Waals surface area contributed by atoms with E-state index in [1.165, 1.54) is 25.7 Å². The molecule has 0 radical (unpaired) electrons. The number of carbonyl (C=O) groups excluding carboxylic acids is 2. The molecule has 0 aromatic carbocycles. The number of amides is 2. The van der Waals surface area contributed by atoms with Crippen LogP contribution in [0, 0.1) is 37.9 Å². The third-order valence-electron chi connectivity index (χ3n) is 12.2. The highest BCUT2D eigenvalue weighted by Crippen LogP contribution is 2.23. The molecule has 0 unspecified atom stereocenters. The number of carbonyl (C=O) groups is 2. The molecule has 0 saturated carbocycles. The first-order valence-corrected chi connectivity index (χ1v) is 36.9. The van der Waals surface area contributed by atoms with Crippen molar-refractivity contribution in [3.05, 3.63) is 35.7 Å². The zero-order chi connectivity index (χ0) is 75.1.